The molecule has 0 aliphatic heterocycles. The maximum absolute atomic E-state index is 11.1. The minimum absolute atomic E-state index is 0.0184. The number of carbonyl (C=O) groups is 1. The average molecular weight is 261 g/mol. The molecule has 0 aliphatic carbocycles. The monoisotopic (exact) mass is 261 g/mol. The molecule has 2 rings (SSSR count). The normalized spacial score (nSPS) is 11.9. The molecule has 0 saturated heterocycles. The fourth-order valence-corrected chi connectivity index (χ4v) is 1.55. The quantitative estimate of drug-likeness (QED) is 0.809. The van der Waals surface area contributed by atoms with Crippen molar-refractivity contribution in [2.75, 3.05) is 12.4 Å². The van der Waals surface area contributed by atoms with Gasteiger partial charge in [0.1, 0.15) is 12.4 Å². The van der Waals surface area contributed by atoms with Crippen LogP contribution in [0.25, 0.3) is 0 Å². The van der Waals surface area contributed by atoms with Crippen LogP contribution in [0.3, 0.4) is 0 Å². The lowest BCUT2D eigenvalue weighted by Gasteiger charge is -2.11. The third kappa shape index (κ3) is 3.51. The van der Waals surface area contributed by atoms with Crippen molar-refractivity contribution < 1.29 is 9.53 Å². The summed E-state index contributed by atoms with van der Waals surface area (Å²) in [6, 6.07) is 1.77. The topological polar surface area (TPSA) is 81.9 Å². The van der Waals surface area contributed by atoms with E-state index in [0.717, 1.165) is 5.69 Å². The molecule has 0 bridgehead atoms. The van der Waals surface area contributed by atoms with E-state index in [-0.39, 0.29) is 18.6 Å². The first-order valence-electron chi connectivity index (χ1n) is 5.82. The fourth-order valence-electron chi connectivity index (χ4n) is 1.55. The Bertz CT molecular complexity index is 540. The van der Waals surface area contributed by atoms with Crippen LogP contribution in [0.4, 0.5) is 5.82 Å². The zero-order valence-electron chi connectivity index (χ0n) is 10.8. The lowest BCUT2D eigenvalue weighted by molar-refractivity contribution is -0.141. The van der Waals surface area contributed by atoms with Gasteiger partial charge < -0.3 is 10.1 Å². The van der Waals surface area contributed by atoms with E-state index in [0.29, 0.717) is 5.82 Å². The molecule has 0 spiro atoms. The van der Waals surface area contributed by atoms with Crippen molar-refractivity contribution in [3.8, 4) is 0 Å². The minimum Gasteiger partial charge on any atom is -0.468 e. The highest BCUT2D eigenvalue weighted by molar-refractivity contribution is 5.68. The Labute approximate surface area is 110 Å². The summed E-state index contributed by atoms with van der Waals surface area (Å²) in [5.41, 5.74) is 0.824. The van der Waals surface area contributed by atoms with E-state index in [1.54, 1.807) is 30.9 Å². The van der Waals surface area contributed by atoms with Crippen LogP contribution in [0.1, 0.15) is 18.7 Å². The van der Waals surface area contributed by atoms with E-state index in [4.69, 9.17) is 0 Å². The van der Waals surface area contributed by atoms with Crippen molar-refractivity contribution in [1.82, 2.24) is 19.7 Å². The van der Waals surface area contributed by atoms with E-state index >= 15 is 0 Å². The van der Waals surface area contributed by atoms with Crippen LogP contribution >= 0.6 is 0 Å². The summed E-state index contributed by atoms with van der Waals surface area (Å²) in [6.45, 7) is 2.06. The number of nitrogens with one attached hydrogen (secondary N) is 1. The summed E-state index contributed by atoms with van der Waals surface area (Å²) in [5, 5.41) is 7.40. The van der Waals surface area contributed by atoms with Crippen molar-refractivity contribution in [2.24, 2.45) is 0 Å². The Kier molecular flexibility index (Phi) is 4.07. The molecule has 100 valence electrons. The summed E-state index contributed by atoms with van der Waals surface area (Å²) >= 11 is 0. The highest BCUT2D eigenvalue weighted by Crippen LogP contribution is 2.14. The number of carbonyl (C=O) groups excluding carboxylic acids is 1. The van der Waals surface area contributed by atoms with Gasteiger partial charge in [0.25, 0.3) is 0 Å². The number of hydrogen-bond acceptors (Lipinski definition) is 6. The summed E-state index contributed by atoms with van der Waals surface area (Å²) in [7, 11) is 1.35. The number of methoxy groups -OCH3 is 1. The van der Waals surface area contributed by atoms with E-state index in [1.807, 2.05) is 6.92 Å². The van der Waals surface area contributed by atoms with Crippen LogP contribution in [0.5, 0.6) is 0 Å². The number of esters is 1. The maximum atomic E-state index is 11.1. The van der Waals surface area contributed by atoms with Crippen LogP contribution in [0.15, 0.2) is 30.9 Å². The first-order valence-corrected chi connectivity index (χ1v) is 5.82. The van der Waals surface area contributed by atoms with E-state index in [1.165, 1.54) is 11.8 Å². The third-order valence-electron chi connectivity index (χ3n) is 2.55. The van der Waals surface area contributed by atoms with Gasteiger partial charge in [-0.2, -0.15) is 5.10 Å². The van der Waals surface area contributed by atoms with Crippen molar-refractivity contribution in [3.63, 3.8) is 0 Å². The van der Waals surface area contributed by atoms with E-state index in [9.17, 15) is 4.79 Å². The molecule has 7 heteroatoms. The number of anilines is 1. The Morgan fingerprint density at radius 3 is 3.05 bits per heavy atom. The Hall–Kier alpha value is -2.44. The second-order valence-electron chi connectivity index (χ2n) is 3.97. The molecule has 2 heterocycles. The zero-order chi connectivity index (χ0) is 13.7. The van der Waals surface area contributed by atoms with Gasteiger partial charge in [0.15, 0.2) is 0 Å². The van der Waals surface area contributed by atoms with Gasteiger partial charge in [-0.1, -0.05) is 0 Å². The molecule has 2 aromatic rings. The van der Waals surface area contributed by atoms with Crippen molar-refractivity contribution in [3.05, 3.63) is 36.5 Å². The number of rotatable bonds is 5. The smallest absolute Gasteiger partial charge is 0.327 e. The zero-order valence-corrected chi connectivity index (χ0v) is 10.8. The summed E-state index contributed by atoms with van der Waals surface area (Å²) in [4.78, 5) is 19.3. The van der Waals surface area contributed by atoms with Gasteiger partial charge in [-0.05, 0) is 6.92 Å². The summed E-state index contributed by atoms with van der Waals surface area (Å²) in [6.07, 6.45) is 6.68. The van der Waals surface area contributed by atoms with Gasteiger partial charge in [-0.3, -0.25) is 19.4 Å². The minimum atomic E-state index is -0.336. The molecule has 1 atom stereocenters. The van der Waals surface area contributed by atoms with E-state index in [2.05, 4.69) is 25.1 Å². The molecule has 0 radical (unpaired) electrons. The van der Waals surface area contributed by atoms with Crippen LogP contribution < -0.4 is 5.32 Å². The lowest BCUT2D eigenvalue weighted by atomic mass is 10.2. The molecule has 19 heavy (non-hydrogen) atoms. The second kappa shape index (κ2) is 5.94. The lowest BCUT2D eigenvalue weighted by Crippen LogP contribution is -2.13. The Balaban J connectivity index is 1.98. The molecule has 0 aromatic carbocycles. The predicted octanol–water partition coefficient (Wildman–Crippen LogP) is 1.02. The van der Waals surface area contributed by atoms with Gasteiger partial charge in [-0.25, -0.2) is 0 Å². The highest BCUT2D eigenvalue weighted by Gasteiger charge is 2.09. The maximum Gasteiger partial charge on any atom is 0.327 e. The molecule has 0 fully saturated rings. The third-order valence-corrected chi connectivity index (χ3v) is 2.55. The van der Waals surface area contributed by atoms with Gasteiger partial charge in [0.2, 0.25) is 0 Å². The molecule has 0 saturated carbocycles. The Morgan fingerprint density at radius 2 is 2.37 bits per heavy atom. The molecule has 0 aliphatic rings. The Morgan fingerprint density at radius 1 is 1.53 bits per heavy atom. The average Bonchev–Trinajstić information content (AvgIpc) is 2.86. The molecule has 1 N–H and O–H groups in total. The second-order valence-corrected chi connectivity index (χ2v) is 3.97. The van der Waals surface area contributed by atoms with Gasteiger partial charge in [0.05, 0.1) is 25.0 Å². The summed E-state index contributed by atoms with van der Waals surface area (Å²) < 4.78 is 6.09. The molecule has 0 amide bonds. The largest absolute Gasteiger partial charge is 0.468 e. The summed E-state index contributed by atoms with van der Waals surface area (Å²) in [5.74, 6) is 0.332. The SMILES string of the molecule is COC(=O)Cn1ccc(N[C@H](C)c2cnccn2)n1. The first-order chi connectivity index (χ1) is 9.19. The molecule has 7 nitrogen and oxygen atoms in total. The number of hydrogen-bond donors (Lipinski definition) is 1. The van der Waals surface area contributed by atoms with Gasteiger partial charge in [-0.15, -0.1) is 0 Å². The van der Waals surface area contributed by atoms with Gasteiger partial charge in [0, 0.05) is 24.7 Å². The van der Waals surface area contributed by atoms with Crippen molar-refractivity contribution in [2.45, 2.75) is 19.5 Å². The van der Waals surface area contributed by atoms with Crippen LogP contribution in [0, 0.1) is 0 Å². The fraction of sp³-hybridized carbons (Fsp3) is 0.333. The van der Waals surface area contributed by atoms with Crippen LogP contribution in [0.2, 0.25) is 0 Å². The van der Waals surface area contributed by atoms with E-state index < -0.39 is 0 Å². The molecular weight excluding hydrogens is 246 g/mol. The molecule has 0 unspecified atom stereocenters. The first kappa shape index (κ1) is 13.0. The number of ether oxygens (including phenoxy) is 1. The van der Waals surface area contributed by atoms with Gasteiger partial charge >= 0.3 is 5.97 Å². The van der Waals surface area contributed by atoms with Crippen LogP contribution in [-0.4, -0.2) is 32.8 Å². The number of aromatic nitrogens is 4. The van der Waals surface area contributed by atoms with Crippen molar-refractivity contribution >= 4 is 11.8 Å². The van der Waals surface area contributed by atoms with Crippen LogP contribution in [-0.2, 0) is 16.1 Å². The standard InChI is InChI=1S/C12H15N5O2/c1-9(10-7-13-4-5-14-10)15-11-3-6-17(16-11)8-12(18)19-2/h3-7,9H,8H2,1-2H3,(H,15,16)/t9-/m1/s1. The molecule has 2 aromatic heterocycles. The number of nitrogens with zero attached hydrogens (tertiary/aromatic N) is 4. The predicted molar refractivity (Wildman–Crippen MR) is 68.3 cm³/mol. The molecular formula is C12H15N5O2. The van der Waals surface area contributed by atoms with Crippen molar-refractivity contribution in [1.29, 1.82) is 0 Å². The highest BCUT2D eigenvalue weighted by atomic mass is 16.5.